The van der Waals surface area contributed by atoms with Gasteiger partial charge in [-0.05, 0) is 43.2 Å². The highest BCUT2D eigenvalue weighted by Gasteiger charge is 2.30. The summed E-state index contributed by atoms with van der Waals surface area (Å²) in [5.74, 6) is -0.285. The molecule has 0 bridgehead atoms. The number of anilines is 2. The summed E-state index contributed by atoms with van der Waals surface area (Å²) in [6, 6.07) is 11.9. The molecule has 0 unspecified atom stereocenters. The molecule has 1 saturated heterocycles. The number of hydrogen-bond donors (Lipinski definition) is 2. The fourth-order valence-corrected chi connectivity index (χ4v) is 6.63. The molecule has 1 atom stereocenters. The van der Waals surface area contributed by atoms with Gasteiger partial charge >= 0.3 is 0 Å². The predicted molar refractivity (Wildman–Crippen MR) is 128 cm³/mol. The third-order valence-corrected chi connectivity index (χ3v) is 8.90. The van der Waals surface area contributed by atoms with Crippen LogP contribution in [0.4, 0.5) is 11.4 Å². The number of rotatable bonds is 6. The van der Waals surface area contributed by atoms with Gasteiger partial charge in [0.15, 0.2) is 0 Å². The number of hydrogen-bond acceptors (Lipinski definition) is 6. The number of fused-ring (bicyclic) bond motifs is 1. The lowest BCUT2D eigenvalue weighted by atomic mass is 10.2. The Balaban J connectivity index is 1.50. The molecule has 2 heterocycles. The number of para-hydroxylation sites is 1. The average Bonchev–Trinajstić information content (AvgIpc) is 3.10. The molecule has 0 aromatic heterocycles. The number of thioether (sulfide) groups is 1. The summed E-state index contributed by atoms with van der Waals surface area (Å²) in [5, 5.41) is 4.98. The molecule has 0 spiro atoms. The Hall–Kier alpha value is -2.56. The number of nitrogens with zero attached hydrogens (tertiary/aromatic N) is 1. The molecule has 2 N–H and O–H groups in total. The largest absolute Gasteiger partial charge is 0.495 e. The van der Waals surface area contributed by atoms with Crippen LogP contribution in [0.2, 0.25) is 0 Å². The molecule has 2 aromatic carbocycles. The zero-order valence-electron chi connectivity index (χ0n) is 18.4. The van der Waals surface area contributed by atoms with Gasteiger partial charge in [0, 0.05) is 24.4 Å². The maximum absolute atomic E-state index is 13.2. The summed E-state index contributed by atoms with van der Waals surface area (Å²) in [6.07, 6.45) is 3.66. The summed E-state index contributed by atoms with van der Waals surface area (Å²) in [5.41, 5.74) is 0.997. The zero-order chi connectivity index (χ0) is 23.4. The van der Waals surface area contributed by atoms with Gasteiger partial charge in [0.1, 0.15) is 5.75 Å². The van der Waals surface area contributed by atoms with E-state index >= 15 is 0 Å². The first-order valence-electron chi connectivity index (χ1n) is 10.9. The lowest BCUT2D eigenvalue weighted by Crippen LogP contribution is -2.33. The van der Waals surface area contributed by atoms with Crippen LogP contribution in [-0.4, -0.2) is 50.0 Å². The number of nitrogens with one attached hydrogen (secondary N) is 2. The maximum Gasteiger partial charge on any atom is 0.243 e. The van der Waals surface area contributed by atoms with Crippen LogP contribution < -0.4 is 15.4 Å². The molecule has 0 saturated carbocycles. The number of ether oxygens (including phenoxy) is 1. The lowest BCUT2D eigenvalue weighted by molar-refractivity contribution is -0.120. The smallest absolute Gasteiger partial charge is 0.243 e. The second-order valence-corrected chi connectivity index (χ2v) is 11.2. The molecule has 2 aliphatic heterocycles. The summed E-state index contributed by atoms with van der Waals surface area (Å²) in [4.78, 5) is 26.2. The van der Waals surface area contributed by atoms with Gasteiger partial charge in [0.2, 0.25) is 21.8 Å². The number of sulfonamides is 1. The predicted octanol–water partition coefficient (Wildman–Crippen LogP) is 3.70. The number of carbonyl (C=O) groups is 2. The number of amides is 2. The van der Waals surface area contributed by atoms with E-state index in [2.05, 4.69) is 10.6 Å². The molecule has 176 valence electrons. The first-order valence-corrected chi connectivity index (χ1v) is 13.2. The molecule has 0 aliphatic carbocycles. The van der Waals surface area contributed by atoms with Crippen LogP contribution in [0.5, 0.6) is 5.75 Å². The fourth-order valence-electron chi connectivity index (χ4n) is 3.97. The van der Waals surface area contributed by atoms with E-state index < -0.39 is 21.2 Å². The van der Waals surface area contributed by atoms with Crippen LogP contribution in [0.3, 0.4) is 0 Å². The molecule has 33 heavy (non-hydrogen) atoms. The van der Waals surface area contributed by atoms with Crippen molar-refractivity contribution in [1.29, 1.82) is 0 Å². The van der Waals surface area contributed by atoms with E-state index in [1.165, 1.54) is 35.3 Å². The standard InChI is InChI=1S/C23H27N3O5S2/c1-31-19-11-10-16(33(29,30)26-12-6-2-3-7-13-26)14-18(19)24-22(27)15-21-23(28)25-17-8-4-5-9-20(17)32-21/h4-5,8-11,14,21H,2-3,6-7,12-13,15H2,1H3,(H,24,27)(H,25,28)/t21-/m1/s1. The molecule has 1 fully saturated rings. The lowest BCUT2D eigenvalue weighted by Gasteiger charge is -2.24. The van der Waals surface area contributed by atoms with Crippen molar-refractivity contribution in [3.05, 3.63) is 42.5 Å². The summed E-state index contributed by atoms with van der Waals surface area (Å²) >= 11 is 1.34. The van der Waals surface area contributed by atoms with Crippen molar-refractivity contribution >= 4 is 45.0 Å². The van der Waals surface area contributed by atoms with Gasteiger partial charge in [0.05, 0.1) is 28.6 Å². The topological polar surface area (TPSA) is 105 Å². The molecule has 0 radical (unpaired) electrons. The molecule has 2 aromatic rings. The van der Waals surface area contributed by atoms with Crippen LogP contribution in [0.25, 0.3) is 0 Å². The first-order chi connectivity index (χ1) is 15.9. The normalized spacial score (nSPS) is 19.2. The second-order valence-electron chi connectivity index (χ2n) is 8.02. The highest BCUT2D eigenvalue weighted by atomic mass is 32.2. The third kappa shape index (κ3) is 5.34. The van der Waals surface area contributed by atoms with E-state index in [-0.39, 0.29) is 22.9 Å². The van der Waals surface area contributed by atoms with Crippen LogP contribution in [0.15, 0.2) is 52.3 Å². The van der Waals surface area contributed by atoms with Gasteiger partial charge in [-0.25, -0.2) is 8.42 Å². The Morgan fingerprint density at radius 3 is 2.61 bits per heavy atom. The Bertz CT molecular complexity index is 1140. The Morgan fingerprint density at radius 2 is 1.88 bits per heavy atom. The molecule has 4 rings (SSSR count). The average molecular weight is 490 g/mol. The van der Waals surface area contributed by atoms with Crippen molar-refractivity contribution in [3.63, 3.8) is 0 Å². The zero-order valence-corrected chi connectivity index (χ0v) is 20.0. The van der Waals surface area contributed by atoms with Gasteiger partial charge in [-0.15, -0.1) is 11.8 Å². The summed E-state index contributed by atoms with van der Waals surface area (Å²) in [7, 11) is -2.23. The Morgan fingerprint density at radius 1 is 1.15 bits per heavy atom. The number of methoxy groups -OCH3 is 1. The molecule has 2 amide bonds. The van der Waals surface area contributed by atoms with Crippen LogP contribution in [0.1, 0.15) is 32.1 Å². The third-order valence-electron chi connectivity index (χ3n) is 5.73. The fraction of sp³-hybridized carbons (Fsp3) is 0.391. The van der Waals surface area contributed by atoms with E-state index in [9.17, 15) is 18.0 Å². The van der Waals surface area contributed by atoms with Crippen LogP contribution >= 0.6 is 11.8 Å². The summed E-state index contributed by atoms with van der Waals surface area (Å²) in [6.45, 7) is 0.983. The van der Waals surface area contributed by atoms with Crippen molar-refractivity contribution in [2.24, 2.45) is 0 Å². The van der Waals surface area contributed by atoms with Crippen molar-refractivity contribution in [1.82, 2.24) is 4.31 Å². The van der Waals surface area contributed by atoms with Gasteiger partial charge in [0.25, 0.3) is 0 Å². The number of carbonyl (C=O) groups excluding carboxylic acids is 2. The minimum absolute atomic E-state index is 0.0584. The monoisotopic (exact) mass is 489 g/mol. The highest BCUT2D eigenvalue weighted by Crippen LogP contribution is 2.37. The minimum atomic E-state index is -3.68. The second kappa shape index (κ2) is 10.1. The molecule has 8 nitrogen and oxygen atoms in total. The molecular formula is C23H27N3O5S2. The van der Waals surface area contributed by atoms with Gasteiger partial charge in [-0.3, -0.25) is 9.59 Å². The van der Waals surface area contributed by atoms with Crippen molar-refractivity contribution in [2.45, 2.75) is 47.1 Å². The van der Waals surface area contributed by atoms with E-state index in [0.717, 1.165) is 36.3 Å². The van der Waals surface area contributed by atoms with Gasteiger partial charge < -0.3 is 15.4 Å². The quantitative estimate of drug-likeness (QED) is 0.641. The maximum atomic E-state index is 13.2. The highest BCUT2D eigenvalue weighted by molar-refractivity contribution is 8.01. The van der Waals surface area contributed by atoms with Crippen LogP contribution in [-0.2, 0) is 19.6 Å². The van der Waals surface area contributed by atoms with Gasteiger partial charge in [-0.2, -0.15) is 4.31 Å². The summed E-state index contributed by atoms with van der Waals surface area (Å²) < 4.78 is 33.2. The van der Waals surface area contributed by atoms with E-state index in [4.69, 9.17) is 4.74 Å². The van der Waals surface area contributed by atoms with Crippen molar-refractivity contribution < 1.29 is 22.7 Å². The minimum Gasteiger partial charge on any atom is -0.495 e. The SMILES string of the molecule is COc1ccc(S(=O)(=O)N2CCCCCC2)cc1NC(=O)C[C@H]1Sc2ccccc2NC1=O. The number of benzene rings is 2. The Kier molecular flexibility index (Phi) is 7.26. The van der Waals surface area contributed by atoms with E-state index in [1.54, 1.807) is 6.07 Å². The van der Waals surface area contributed by atoms with Crippen molar-refractivity contribution in [3.8, 4) is 5.75 Å². The Labute approximate surface area is 198 Å². The van der Waals surface area contributed by atoms with Gasteiger partial charge in [-0.1, -0.05) is 25.0 Å². The van der Waals surface area contributed by atoms with Crippen LogP contribution in [0, 0.1) is 0 Å². The molecular weight excluding hydrogens is 462 g/mol. The van der Waals surface area contributed by atoms with E-state index in [0.29, 0.717) is 18.8 Å². The van der Waals surface area contributed by atoms with E-state index in [1.807, 2.05) is 24.3 Å². The van der Waals surface area contributed by atoms with Crippen molar-refractivity contribution in [2.75, 3.05) is 30.8 Å². The molecule has 2 aliphatic rings. The molecule has 10 heteroatoms. The first kappa shape index (κ1) is 23.6.